The topological polar surface area (TPSA) is 80.9 Å². The van der Waals surface area contributed by atoms with Crippen molar-refractivity contribution in [3.63, 3.8) is 0 Å². The first-order chi connectivity index (χ1) is 6.52. The van der Waals surface area contributed by atoms with E-state index in [4.69, 9.17) is 5.11 Å². The van der Waals surface area contributed by atoms with E-state index in [1.54, 1.807) is 7.05 Å². The van der Waals surface area contributed by atoms with Crippen LogP contribution < -0.4 is 0 Å². The van der Waals surface area contributed by atoms with Crippen molar-refractivity contribution in [2.24, 2.45) is 13.0 Å². The summed E-state index contributed by atoms with van der Waals surface area (Å²) in [5, 5.41) is 19.8. The minimum Gasteiger partial charge on any atom is -0.481 e. The summed E-state index contributed by atoms with van der Waals surface area (Å²) in [4.78, 5) is 11.0. The molecule has 0 bridgehead atoms. The first-order valence-electron chi connectivity index (χ1n) is 4.47. The number of hydrogen-bond acceptors (Lipinski definition) is 4. The normalized spacial score (nSPS) is 13.1. The molecule has 1 aromatic rings. The number of aliphatic carboxylic acids is 1. The number of aryl methyl sites for hydroxylation is 1. The van der Waals surface area contributed by atoms with Crippen LogP contribution in [0, 0.1) is 5.92 Å². The van der Waals surface area contributed by atoms with Gasteiger partial charge in [0.15, 0.2) is 5.82 Å². The summed E-state index contributed by atoms with van der Waals surface area (Å²) in [5.41, 5.74) is 0. The second-order valence-corrected chi connectivity index (χ2v) is 3.68. The maximum absolute atomic E-state index is 11.0. The third-order valence-electron chi connectivity index (χ3n) is 1.97. The molecule has 0 saturated carbocycles. The van der Waals surface area contributed by atoms with Gasteiger partial charge in [-0.3, -0.25) is 4.79 Å². The first kappa shape index (κ1) is 10.6. The van der Waals surface area contributed by atoms with E-state index in [1.165, 1.54) is 4.68 Å². The van der Waals surface area contributed by atoms with Gasteiger partial charge in [0.25, 0.3) is 0 Å². The second-order valence-electron chi connectivity index (χ2n) is 3.68. The molecule has 0 spiro atoms. The number of carboxylic acid groups (broad SMARTS) is 1. The van der Waals surface area contributed by atoms with Gasteiger partial charge in [-0.05, 0) is 22.8 Å². The molecule has 0 aliphatic heterocycles. The van der Waals surface area contributed by atoms with E-state index in [1.807, 2.05) is 13.8 Å². The van der Waals surface area contributed by atoms with Crippen molar-refractivity contribution in [2.75, 3.05) is 0 Å². The average Bonchev–Trinajstić information content (AvgIpc) is 2.46. The molecule has 1 N–H and O–H groups in total. The van der Waals surface area contributed by atoms with Crippen LogP contribution in [0.1, 0.15) is 32.0 Å². The van der Waals surface area contributed by atoms with Gasteiger partial charge in [-0.25, -0.2) is 4.68 Å². The molecule has 14 heavy (non-hydrogen) atoms. The second kappa shape index (κ2) is 4.17. The Morgan fingerprint density at radius 1 is 1.57 bits per heavy atom. The zero-order chi connectivity index (χ0) is 10.7. The van der Waals surface area contributed by atoms with Crippen molar-refractivity contribution in [1.82, 2.24) is 20.2 Å². The SMILES string of the molecule is CC(C)CC(C(=O)O)c1nnnn1C. The molecule has 6 heteroatoms. The van der Waals surface area contributed by atoms with Crippen LogP contribution in [-0.4, -0.2) is 31.3 Å². The van der Waals surface area contributed by atoms with Crippen LogP contribution in [0.15, 0.2) is 0 Å². The fourth-order valence-corrected chi connectivity index (χ4v) is 1.32. The number of tetrazole rings is 1. The number of nitrogens with zero attached hydrogens (tertiary/aromatic N) is 4. The summed E-state index contributed by atoms with van der Waals surface area (Å²) >= 11 is 0. The van der Waals surface area contributed by atoms with Crippen LogP contribution >= 0.6 is 0 Å². The molecule has 1 rings (SSSR count). The third-order valence-corrected chi connectivity index (χ3v) is 1.97. The van der Waals surface area contributed by atoms with Gasteiger partial charge >= 0.3 is 5.97 Å². The van der Waals surface area contributed by atoms with Crippen molar-refractivity contribution in [3.8, 4) is 0 Å². The van der Waals surface area contributed by atoms with Crippen molar-refractivity contribution in [3.05, 3.63) is 5.82 Å². The predicted molar refractivity (Wildman–Crippen MR) is 48.6 cm³/mol. The lowest BCUT2D eigenvalue weighted by atomic mass is 9.96. The molecule has 0 aromatic carbocycles. The highest BCUT2D eigenvalue weighted by molar-refractivity contribution is 5.74. The summed E-state index contributed by atoms with van der Waals surface area (Å²) in [5.74, 6) is -0.786. The Balaban J connectivity index is 2.89. The summed E-state index contributed by atoms with van der Waals surface area (Å²) in [6.07, 6.45) is 0.545. The fraction of sp³-hybridized carbons (Fsp3) is 0.750. The van der Waals surface area contributed by atoms with E-state index in [2.05, 4.69) is 15.5 Å². The zero-order valence-corrected chi connectivity index (χ0v) is 8.51. The van der Waals surface area contributed by atoms with Crippen molar-refractivity contribution < 1.29 is 9.90 Å². The Morgan fingerprint density at radius 3 is 2.57 bits per heavy atom. The smallest absolute Gasteiger partial charge is 0.314 e. The minimum atomic E-state index is -0.878. The molecule has 0 aliphatic rings. The number of carboxylic acids is 1. The van der Waals surface area contributed by atoms with Crippen molar-refractivity contribution >= 4 is 5.97 Å². The predicted octanol–water partition coefficient (Wildman–Crippen LogP) is 0.424. The van der Waals surface area contributed by atoms with Gasteiger partial charge in [0.2, 0.25) is 0 Å². The first-order valence-corrected chi connectivity index (χ1v) is 4.47. The number of hydrogen-bond donors (Lipinski definition) is 1. The van der Waals surface area contributed by atoms with Gasteiger partial charge in [0.05, 0.1) is 0 Å². The number of carbonyl (C=O) groups is 1. The Labute approximate surface area is 81.9 Å². The van der Waals surface area contributed by atoms with Gasteiger partial charge in [0.1, 0.15) is 5.92 Å². The van der Waals surface area contributed by atoms with E-state index >= 15 is 0 Å². The van der Waals surface area contributed by atoms with Crippen LogP contribution in [-0.2, 0) is 11.8 Å². The maximum Gasteiger partial charge on any atom is 0.314 e. The number of aromatic nitrogens is 4. The van der Waals surface area contributed by atoms with Crippen LogP contribution in [0.2, 0.25) is 0 Å². The minimum absolute atomic E-state index is 0.299. The maximum atomic E-state index is 11.0. The Kier molecular flexibility index (Phi) is 3.16. The molecular weight excluding hydrogens is 184 g/mol. The summed E-state index contributed by atoms with van der Waals surface area (Å²) in [6, 6.07) is 0. The van der Waals surface area contributed by atoms with Gasteiger partial charge in [0, 0.05) is 7.05 Å². The van der Waals surface area contributed by atoms with E-state index in [0.29, 0.717) is 18.2 Å². The highest BCUT2D eigenvalue weighted by Crippen LogP contribution is 2.21. The lowest BCUT2D eigenvalue weighted by Gasteiger charge is -2.12. The molecule has 0 saturated heterocycles. The summed E-state index contributed by atoms with van der Waals surface area (Å²) < 4.78 is 1.40. The highest BCUT2D eigenvalue weighted by Gasteiger charge is 2.25. The molecule has 0 fully saturated rings. The van der Waals surface area contributed by atoms with E-state index < -0.39 is 11.9 Å². The molecule has 78 valence electrons. The van der Waals surface area contributed by atoms with Gasteiger partial charge in [-0.1, -0.05) is 13.8 Å². The zero-order valence-electron chi connectivity index (χ0n) is 8.51. The van der Waals surface area contributed by atoms with E-state index in [0.717, 1.165) is 0 Å². The fourth-order valence-electron chi connectivity index (χ4n) is 1.32. The molecule has 6 nitrogen and oxygen atoms in total. The van der Waals surface area contributed by atoms with Crippen LogP contribution in [0.25, 0.3) is 0 Å². The summed E-state index contributed by atoms with van der Waals surface area (Å²) in [7, 11) is 1.64. The average molecular weight is 198 g/mol. The Morgan fingerprint density at radius 2 is 2.21 bits per heavy atom. The molecule has 1 heterocycles. The van der Waals surface area contributed by atoms with Crippen LogP contribution in [0.5, 0.6) is 0 Å². The van der Waals surface area contributed by atoms with Gasteiger partial charge in [-0.2, -0.15) is 0 Å². The quantitative estimate of drug-likeness (QED) is 0.758. The summed E-state index contributed by atoms with van der Waals surface area (Å²) in [6.45, 7) is 3.94. The van der Waals surface area contributed by atoms with Crippen LogP contribution in [0.3, 0.4) is 0 Å². The monoisotopic (exact) mass is 198 g/mol. The Hall–Kier alpha value is -1.46. The third kappa shape index (κ3) is 2.27. The van der Waals surface area contributed by atoms with Gasteiger partial charge < -0.3 is 5.11 Å². The van der Waals surface area contributed by atoms with E-state index in [9.17, 15) is 4.79 Å². The van der Waals surface area contributed by atoms with Crippen LogP contribution in [0.4, 0.5) is 0 Å². The largest absolute Gasteiger partial charge is 0.481 e. The number of rotatable bonds is 4. The molecule has 0 radical (unpaired) electrons. The van der Waals surface area contributed by atoms with Gasteiger partial charge in [-0.15, -0.1) is 5.10 Å². The van der Waals surface area contributed by atoms with Crippen molar-refractivity contribution in [2.45, 2.75) is 26.2 Å². The van der Waals surface area contributed by atoms with E-state index in [-0.39, 0.29) is 0 Å². The molecule has 1 aromatic heterocycles. The molecule has 1 unspecified atom stereocenters. The van der Waals surface area contributed by atoms with Crippen molar-refractivity contribution in [1.29, 1.82) is 0 Å². The lowest BCUT2D eigenvalue weighted by molar-refractivity contribution is -0.139. The lowest BCUT2D eigenvalue weighted by Crippen LogP contribution is -2.18. The standard InChI is InChI=1S/C8H14N4O2/c1-5(2)4-6(8(13)14)7-9-10-11-12(7)3/h5-6H,4H2,1-3H3,(H,13,14). The molecule has 0 amide bonds. The highest BCUT2D eigenvalue weighted by atomic mass is 16.4. The molecule has 1 atom stereocenters. The Bertz CT molecular complexity index is 321. The molecular formula is C8H14N4O2. The molecule has 0 aliphatic carbocycles.